The molecule has 1 aromatic rings. The van der Waals surface area contributed by atoms with Gasteiger partial charge in [0.25, 0.3) is 5.91 Å². The molecule has 0 aromatic heterocycles. The molecule has 0 spiro atoms. The van der Waals surface area contributed by atoms with Crippen LogP contribution in [0.3, 0.4) is 0 Å². The van der Waals surface area contributed by atoms with Gasteiger partial charge in [-0.1, -0.05) is 18.6 Å². The van der Waals surface area contributed by atoms with E-state index in [1.54, 1.807) is 0 Å². The summed E-state index contributed by atoms with van der Waals surface area (Å²) < 4.78 is 11.5. The Morgan fingerprint density at radius 1 is 1.21 bits per heavy atom. The normalized spacial score (nSPS) is 19.5. The van der Waals surface area contributed by atoms with Crippen molar-refractivity contribution in [1.29, 1.82) is 0 Å². The van der Waals surface area contributed by atoms with E-state index in [-0.39, 0.29) is 30.4 Å². The maximum Gasteiger partial charge on any atom is 0.252 e. The van der Waals surface area contributed by atoms with E-state index in [9.17, 15) is 9.59 Å². The molecule has 2 N–H and O–H groups in total. The monoisotopic (exact) mass is 333 g/mol. The van der Waals surface area contributed by atoms with Crippen molar-refractivity contribution in [3.05, 3.63) is 24.3 Å². The van der Waals surface area contributed by atoms with E-state index in [0.717, 1.165) is 30.8 Å². The Bertz CT molecular complexity index is 603. The first-order valence-corrected chi connectivity index (χ1v) is 8.27. The summed E-state index contributed by atoms with van der Waals surface area (Å²) in [7, 11) is 1.83. The maximum absolute atomic E-state index is 11.9. The van der Waals surface area contributed by atoms with Crippen LogP contribution in [-0.2, 0) is 9.59 Å². The summed E-state index contributed by atoms with van der Waals surface area (Å²) in [4.78, 5) is 25.4. The number of hydrogen-bond donors (Lipinski definition) is 2. The quantitative estimate of drug-likeness (QED) is 0.776. The van der Waals surface area contributed by atoms with Crippen LogP contribution in [0.4, 0.5) is 0 Å². The third-order valence-corrected chi connectivity index (χ3v) is 4.30. The van der Waals surface area contributed by atoms with Crippen molar-refractivity contribution in [2.24, 2.45) is 5.92 Å². The summed E-state index contributed by atoms with van der Waals surface area (Å²) in [6.07, 6.45) is 2.76. The van der Waals surface area contributed by atoms with Crippen LogP contribution in [0.25, 0.3) is 0 Å². The number of amides is 2. The Morgan fingerprint density at radius 2 is 1.96 bits per heavy atom. The maximum atomic E-state index is 11.9. The number of hydrogen-bond acceptors (Lipinski definition) is 5. The van der Waals surface area contributed by atoms with Gasteiger partial charge in [0.1, 0.15) is 12.7 Å². The number of rotatable bonds is 5. The highest BCUT2D eigenvalue weighted by Gasteiger charge is 2.26. The first kappa shape index (κ1) is 16.6. The highest BCUT2D eigenvalue weighted by molar-refractivity contribution is 5.84. The molecule has 0 saturated heterocycles. The largest absolute Gasteiger partial charge is 0.486 e. The number of nitrogens with one attached hydrogen (secondary N) is 2. The molecule has 1 aliphatic heterocycles. The lowest BCUT2D eigenvalue weighted by Crippen LogP contribution is -2.50. The summed E-state index contributed by atoms with van der Waals surface area (Å²) in [5.41, 5.74) is 4.95. The Morgan fingerprint density at radius 3 is 2.67 bits per heavy atom. The second kappa shape index (κ2) is 7.53. The molecule has 7 nitrogen and oxygen atoms in total. The predicted molar refractivity (Wildman–Crippen MR) is 87.5 cm³/mol. The fraction of sp³-hybridized carbons (Fsp3) is 0.529. The van der Waals surface area contributed by atoms with Gasteiger partial charge < -0.3 is 9.47 Å². The number of likely N-dealkylation sites (N-methyl/N-ethyl adjacent to an activating group) is 1. The number of nitrogens with zero attached hydrogens (tertiary/aromatic N) is 1. The molecule has 0 unspecified atom stereocenters. The zero-order chi connectivity index (χ0) is 16.9. The number of benzene rings is 1. The summed E-state index contributed by atoms with van der Waals surface area (Å²) in [6.45, 7) is 1.17. The molecule has 2 amide bonds. The molecular weight excluding hydrogens is 310 g/mol. The molecule has 2 aliphatic rings. The first-order chi connectivity index (χ1) is 11.6. The summed E-state index contributed by atoms with van der Waals surface area (Å²) in [5.74, 6) is 1.17. The molecule has 1 aliphatic carbocycles. The molecule has 0 radical (unpaired) electrons. The minimum absolute atomic E-state index is 0.0517. The van der Waals surface area contributed by atoms with Crippen LogP contribution in [0.15, 0.2) is 24.3 Å². The van der Waals surface area contributed by atoms with Gasteiger partial charge in [0, 0.05) is 12.5 Å². The molecule has 0 bridgehead atoms. The van der Waals surface area contributed by atoms with Crippen LogP contribution in [-0.4, -0.2) is 49.6 Å². The summed E-state index contributed by atoms with van der Waals surface area (Å²) in [6, 6.07) is 7.53. The molecule has 1 heterocycles. The standard InChI is InChI=1S/C17H23N3O4/c1-20(10-16(21)18-19-17(22)12-5-4-6-12)9-13-11-23-14-7-2-3-8-15(14)24-13/h2-3,7-8,12-13H,4-6,9-11H2,1H3,(H,18,21)(H,19,22)/t13-/m1/s1. The van der Waals surface area contributed by atoms with Crippen LogP contribution in [0, 0.1) is 5.92 Å². The predicted octanol–water partition coefficient (Wildman–Crippen LogP) is 0.706. The highest BCUT2D eigenvalue weighted by Crippen LogP contribution is 2.30. The third-order valence-electron chi connectivity index (χ3n) is 4.30. The van der Waals surface area contributed by atoms with Crippen LogP contribution in [0.2, 0.25) is 0 Å². The van der Waals surface area contributed by atoms with E-state index in [4.69, 9.17) is 9.47 Å². The van der Waals surface area contributed by atoms with Crippen molar-refractivity contribution in [2.45, 2.75) is 25.4 Å². The van der Waals surface area contributed by atoms with Gasteiger partial charge >= 0.3 is 0 Å². The van der Waals surface area contributed by atoms with Crippen LogP contribution >= 0.6 is 0 Å². The van der Waals surface area contributed by atoms with E-state index >= 15 is 0 Å². The molecule has 1 fully saturated rings. The Kier molecular flexibility index (Phi) is 5.20. The number of carbonyl (C=O) groups excluding carboxylic acids is 2. The minimum atomic E-state index is -0.248. The number of fused-ring (bicyclic) bond motifs is 1. The number of para-hydroxylation sites is 2. The van der Waals surface area contributed by atoms with Gasteiger partial charge in [-0.25, -0.2) is 0 Å². The van der Waals surface area contributed by atoms with Gasteiger partial charge in [-0.15, -0.1) is 0 Å². The van der Waals surface area contributed by atoms with Crippen molar-refractivity contribution in [1.82, 2.24) is 15.8 Å². The zero-order valence-corrected chi connectivity index (χ0v) is 13.8. The van der Waals surface area contributed by atoms with Gasteiger partial charge in [-0.3, -0.25) is 25.3 Å². The third kappa shape index (κ3) is 4.17. The molecule has 1 atom stereocenters. The second-order valence-electron chi connectivity index (χ2n) is 6.36. The van der Waals surface area contributed by atoms with E-state index in [1.807, 2.05) is 36.2 Å². The summed E-state index contributed by atoms with van der Waals surface area (Å²) in [5, 5.41) is 0. The molecule has 1 saturated carbocycles. The van der Waals surface area contributed by atoms with Crippen LogP contribution in [0.5, 0.6) is 11.5 Å². The van der Waals surface area contributed by atoms with E-state index in [1.165, 1.54) is 0 Å². The lowest BCUT2D eigenvalue weighted by atomic mass is 9.85. The number of carbonyl (C=O) groups is 2. The minimum Gasteiger partial charge on any atom is -0.486 e. The smallest absolute Gasteiger partial charge is 0.252 e. The van der Waals surface area contributed by atoms with Crippen LogP contribution in [0.1, 0.15) is 19.3 Å². The average molecular weight is 333 g/mol. The van der Waals surface area contributed by atoms with E-state index in [0.29, 0.717) is 13.2 Å². The molecule has 1 aromatic carbocycles. The topological polar surface area (TPSA) is 79.9 Å². The van der Waals surface area contributed by atoms with E-state index in [2.05, 4.69) is 10.9 Å². The molecule has 3 rings (SSSR count). The van der Waals surface area contributed by atoms with Gasteiger partial charge in [0.2, 0.25) is 5.91 Å². The lowest BCUT2D eigenvalue weighted by Gasteiger charge is -2.29. The van der Waals surface area contributed by atoms with E-state index < -0.39 is 0 Å². The Hall–Kier alpha value is -2.28. The van der Waals surface area contributed by atoms with Crippen molar-refractivity contribution in [3.63, 3.8) is 0 Å². The number of hydrazine groups is 1. The Balaban J connectivity index is 1.38. The SMILES string of the molecule is CN(CC(=O)NNC(=O)C1CCC1)C[C@@H]1COc2ccccc2O1. The Labute approximate surface area is 141 Å². The second-order valence-corrected chi connectivity index (χ2v) is 6.36. The van der Waals surface area contributed by atoms with Crippen molar-refractivity contribution < 1.29 is 19.1 Å². The van der Waals surface area contributed by atoms with Crippen molar-refractivity contribution in [2.75, 3.05) is 26.7 Å². The average Bonchev–Trinajstić information content (AvgIpc) is 2.51. The number of ether oxygens (including phenoxy) is 2. The van der Waals surface area contributed by atoms with Gasteiger partial charge in [-0.05, 0) is 32.0 Å². The first-order valence-electron chi connectivity index (χ1n) is 8.27. The lowest BCUT2D eigenvalue weighted by molar-refractivity contribution is -0.133. The summed E-state index contributed by atoms with van der Waals surface area (Å²) >= 11 is 0. The van der Waals surface area contributed by atoms with Gasteiger partial charge in [0.15, 0.2) is 11.5 Å². The molecule has 7 heteroatoms. The fourth-order valence-corrected chi connectivity index (χ4v) is 2.75. The van der Waals surface area contributed by atoms with Crippen molar-refractivity contribution >= 4 is 11.8 Å². The zero-order valence-electron chi connectivity index (χ0n) is 13.8. The van der Waals surface area contributed by atoms with Crippen molar-refractivity contribution in [3.8, 4) is 11.5 Å². The van der Waals surface area contributed by atoms with Gasteiger partial charge in [0.05, 0.1) is 6.54 Å². The van der Waals surface area contributed by atoms with Crippen LogP contribution < -0.4 is 20.3 Å². The fourth-order valence-electron chi connectivity index (χ4n) is 2.75. The molecule has 130 valence electrons. The molecule has 24 heavy (non-hydrogen) atoms. The van der Waals surface area contributed by atoms with Gasteiger partial charge in [-0.2, -0.15) is 0 Å². The molecular formula is C17H23N3O4. The highest BCUT2D eigenvalue weighted by atomic mass is 16.6.